The lowest BCUT2D eigenvalue weighted by molar-refractivity contribution is -0.149. The summed E-state index contributed by atoms with van der Waals surface area (Å²) in [6, 6.07) is 8.12. The van der Waals surface area contributed by atoms with Crippen molar-refractivity contribution in [1.29, 1.82) is 0 Å². The van der Waals surface area contributed by atoms with Crippen LogP contribution in [0.3, 0.4) is 0 Å². The van der Waals surface area contributed by atoms with E-state index < -0.39 is 34.2 Å². The number of hydrogen-bond donors (Lipinski definition) is 1. The van der Waals surface area contributed by atoms with Crippen molar-refractivity contribution < 1.29 is 19.5 Å². The molecule has 3 saturated heterocycles. The maximum atomic E-state index is 14.7. The number of alkyl halides is 1. The van der Waals surface area contributed by atoms with Gasteiger partial charge in [0.05, 0.1) is 29.2 Å². The summed E-state index contributed by atoms with van der Waals surface area (Å²) in [7, 11) is 0. The predicted molar refractivity (Wildman–Crippen MR) is 170 cm³/mol. The average molecular weight is 647 g/mol. The Morgan fingerprint density at radius 2 is 1.83 bits per heavy atom. The van der Waals surface area contributed by atoms with Gasteiger partial charge in [0, 0.05) is 34.4 Å². The van der Waals surface area contributed by atoms with Crippen molar-refractivity contribution in [1.82, 2.24) is 9.80 Å². The molecule has 3 amide bonds. The Labute approximate surface area is 257 Å². The minimum atomic E-state index is -0.803. The van der Waals surface area contributed by atoms with Crippen LogP contribution < -0.4 is 4.90 Å². The number of rotatable bonds is 11. The van der Waals surface area contributed by atoms with Crippen molar-refractivity contribution in [3.63, 3.8) is 0 Å². The zero-order chi connectivity index (χ0) is 30.3. The fraction of sp³-hybridized carbons (Fsp3) is 0.594. The van der Waals surface area contributed by atoms with E-state index in [1.54, 1.807) is 38.6 Å². The van der Waals surface area contributed by atoms with E-state index in [0.29, 0.717) is 19.5 Å². The molecule has 8 atom stereocenters. The molecule has 0 aromatic heterocycles. The molecule has 9 heteroatoms. The summed E-state index contributed by atoms with van der Waals surface area (Å²) in [5.41, 5.74) is 0.232. The zero-order valence-corrected chi connectivity index (χ0v) is 27.2. The molecular weight excluding hydrogens is 602 g/mol. The van der Waals surface area contributed by atoms with Gasteiger partial charge in [0.15, 0.2) is 0 Å². The first-order chi connectivity index (χ1) is 19.4. The minimum Gasteiger partial charge on any atom is -0.394 e. The second-order valence-electron chi connectivity index (χ2n) is 12.5. The highest BCUT2D eigenvalue weighted by Gasteiger charge is 2.77. The first-order valence-corrected chi connectivity index (χ1v) is 16.3. The molecule has 1 N–H and O–H groups in total. The molecule has 2 bridgehead atoms. The Bertz CT molecular complexity index is 1170. The van der Waals surface area contributed by atoms with Crippen LogP contribution in [0, 0.1) is 17.8 Å². The number of nitrogens with zero attached hydrogens (tertiary/aromatic N) is 3. The Morgan fingerprint density at radius 1 is 1.20 bits per heavy atom. The standard InChI is InChI=1S/C32H44BrN3O4S/c1-8-16-34(21-14-12-11-13-15-21)28(38)24-25-29(39)36(23(19-37)20(4)10-3)27(32(25)18-22(33)26(24)41-32)30(40)35(17-9-2)31(5,6)7/h8-9,11-15,20,22-27,37H,1-2,10,16-19H2,3-7H3/t20-,22?,23-,24+,25-,26+,27?,32?/m0/s1. The molecule has 1 aromatic carbocycles. The number of amides is 3. The van der Waals surface area contributed by atoms with Crippen molar-refractivity contribution in [2.24, 2.45) is 17.8 Å². The van der Waals surface area contributed by atoms with Gasteiger partial charge in [0.1, 0.15) is 6.04 Å². The quantitative estimate of drug-likeness (QED) is 0.274. The molecule has 224 valence electrons. The largest absolute Gasteiger partial charge is 0.394 e. The van der Waals surface area contributed by atoms with E-state index in [-0.39, 0.29) is 40.3 Å². The second-order valence-corrected chi connectivity index (χ2v) is 15.2. The van der Waals surface area contributed by atoms with Crippen LogP contribution >= 0.6 is 27.7 Å². The van der Waals surface area contributed by atoms with Crippen molar-refractivity contribution in [2.75, 3.05) is 24.6 Å². The molecule has 41 heavy (non-hydrogen) atoms. The third-order valence-electron chi connectivity index (χ3n) is 9.12. The van der Waals surface area contributed by atoms with E-state index in [0.717, 1.165) is 12.1 Å². The number of para-hydroxylation sites is 1. The minimum absolute atomic E-state index is 0.0327. The summed E-state index contributed by atoms with van der Waals surface area (Å²) in [4.78, 5) is 49.0. The van der Waals surface area contributed by atoms with Gasteiger partial charge in [-0.15, -0.1) is 24.9 Å². The average Bonchev–Trinajstić information content (AvgIpc) is 3.53. The molecular formula is C32H44BrN3O4S. The molecule has 7 nitrogen and oxygen atoms in total. The number of anilines is 1. The summed E-state index contributed by atoms with van der Waals surface area (Å²) >= 11 is 5.49. The topological polar surface area (TPSA) is 81.2 Å². The lowest BCUT2D eigenvalue weighted by atomic mass is 9.70. The van der Waals surface area contributed by atoms with Gasteiger partial charge >= 0.3 is 0 Å². The number of aliphatic hydroxyl groups excluding tert-OH is 1. The van der Waals surface area contributed by atoms with Gasteiger partial charge in [0.25, 0.3) is 0 Å². The van der Waals surface area contributed by atoms with Gasteiger partial charge in [-0.2, -0.15) is 0 Å². The van der Waals surface area contributed by atoms with E-state index in [1.165, 1.54) is 0 Å². The van der Waals surface area contributed by atoms with E-state index >= 15 is 0 Å². The number of hydrogen-bond acceptors (Lipinski definition) is 5. The summed E-state index contributed by atoms with van der Waals surface area (Å²) in [6.07, 6.45) is 4.74. The summed E-state index contributed by atoms with van der Waals surface area (Å²) < 4.78 is -0.796. The monoisotopic (exact) mass is 645 g/mol. The maximum Gasteiger partial charge on any atom is 0.247 e. The van der Waals surface area contributed by atoms with Gasteiger partial charge in [0.2, 0.25) is 17.7 Å². The Hall–Kier alpha value is -2.10. The number of benzene rings is 1. The third kappa shape index (κ3) is 5.31. The Morgan fingerprint density at radius 3 is 2.37 bits per heavy atom. The van der Waals surface area contributed by atoms with Crippen molar-refractivity contribution in [3.8, 4) is 0 Å². The molecule has 3 unspecified atom stereocenters. The number of halogens is 1. The van der Waals surface area contributed by atoms with Crippen molar-refractivity contribution in [2.45, 2.75) is 79.9 Å². The molecule has 0 radical (unpaired) electrons. The van der Waals surface area contributed by atoms with Crippen LogP contribution in [0.15, 0.2) is 55.6 Å². The fourth-order valence-electron chi connectivity index (χ4n) is 7.01. The van der Waals surface area contributed by atoms with Gasteiger partial charge in [-0.3, -0.25) is 14.4 Å². The highest BCUT2D eigenvalue weighted by Crippen LogP contribution is 2.68. The molecule has 4 rings (SSSR count). The predicted octanol–water partition coefficient (Wildman–Crippen LogP) is 4.89. The number of thioether (sulfide) groups is 1. The molecule has 1 aromatic rings. The van der Waals surface area contributed by atoms with E-state index in [9.17, 15) is 19.5 Å². The number of carbonyl (C=O) groups is 3. The summed E-state index contributed by atoms with van der Waals surface area (Å²) in [6.45, 7) is 18.1. The van der Waals surface area contributed by atoms with Gasteiger partial charge in [-0.1, -0.05) is 66.5 Å². The molecule has 3 fully saturated rings. The van der Waals surface area contributed by atoms with Crippen LogP contribution in [0.25, 0.3) is 0 Å². The molecule has 1 spiro atoms. The van der Waals surface area contributed by atoms with E-state index in [1.807, 2.05) is 65.0 Å². The van der Waals surface area contributed by atoms with Crippen molar-refractivity contribution in [3.05, 3.63) is 55.6 Å². The third-order valence-corrected chi connectivity index (χ3v) is 12.3. The molecule has 3 heterocycles. The number of carbonyl (C=O) groups excluding carboxylic acids is 3. The van der Waals surface area contributed by atoms with Crippen LogP contribution in [-0.2, 0) is 14.4 Å². The van der Waals surface area contributed by atoms with Crippen LogP contribution in [0.2, 0.25) is 0 Å². The number of fused-ring (bicyclic) bond motifs is 1. The summed E-state index contributed by atoms with van der Waals surface area (Å²) in [5.74, 6) is -1.81. The normalized spacial score (nSPS) is 30.1. The lowest BCUT2D eigenvalue weighted by Crippen LogP contribution is -2.61. The SMILES string of the molecule is C=CCN(C(=O)[C@H]1[C@@H]2SC3(CC2Br)C(C(=O)N(CC=C)C(C)(C)C)N([C@@H](CO)[C@@H](C)CC)C(=O)[C@H]13)c1ccccc1. The Kier molecular flexibility index (Phi) is 9.51. The summed E-state index contributed by atoms with van der Waals surface area (Å²) in [5, 5.41) is 10.5. The highest BCUT2D eigenvalue weighted by atomic mass is 79.9. The van der Waals surface area contributed by atoms with Crippen molar-refractivity contribution >= 4 is 51.1 Å². The number of aliphatic hydroxyl groups is 1. The highest BCUT2D eigenvalue weighted by molar-refractivity contribution is 9.09. The molecule has 3 aliphatic heterocycles. The second kappa shape index (κ2) is 12.3. The zero-order valence-electron chi connectivity index (χ0n) is 24.8. The van der Waals surface area contributed by atoms with Gasteiger partial charge < -0.3 is 19.8 Å². The Balaban J connectivity index is 1.87. The molecule has 0 saturated carbocycles. The van der Waals surface area contributed by atoms with Gasteiger partial charge in [-0.25, -0.2) is 0 Å². The van der Waals surface area contributed by atoms with E-state index in [4.69, 9.17) is 0 Å². The lowest BCUT2D eigenvalue weighted by Gasteiger charge is -2.44. The van der Waals surface area contributed by atoms with Crippen LogP contribution in [0.5, 0.6) is 0 Å². The molecule has 0 aliphatic carbocycles. The van der Waals surface area contributed by atoms with E-state index in [2.05, 4.69) is 29.1 Å². The number of likely N-dealkylation sites (tertiary alicyclic amines) is 1. The van der Waals surface area contributed by atoms with Crippen LogP contribution in [0.1, 0.15) is 47.5 Å². The van der Waals surface area contributed by atoms with Crippen LogP contribution in [0.4, 0.5) is 5.69 Å². The van der Waals surface area contributed by atoms with Gasteiger partial charge in [-0.05, 0) is 45.2 Å². The fourth-order valence-corrected chi connectivity index (χ4v) is 10.6. The smallest absolute Gasteiger partial charge is 0.247 e. The first kappa shape index (κ1) is 31.8. The maximum absolute atomic E-state index is 14.7. The van der Waals surface area contributed by atoms with Crippen LogP contribution in [-0.4, -0.2) is 84.8 Å². The molecule has 3 aliphatic rings. The first-order valence-electron chi connectivity index (χ1n) is 14.5.